The first-order valence-electron chi connectivity index (χ1n) is 8.97. The van der Waals surface area contributed by atoms with E-state index in [0.29, 0.717) is 19.3 Å². The molecule has 1 fully saturated rings. The van der Waals surface area contributed by atoms with Gasteiger partial charge >= 0.3 is 0 Å². The Morgan fingerprint density at radius 1 is 1.12 bits per heavy atom. The molecule has 0 aromatic carbocycles. The summed E-state index contributed by atoms with van der Waals surface area (Å²) >= 11 is 0. The molecule has 9 heteroatoms. The van der Waals surface area contributed by atoms with Crippen molar-refractivity contribution in [2.24, 2.45) is 0 Å². The van der Waals surface area contributed by atoms with Crippen LogP contribution in [0.4, 0.5) is 25.1 Å². The van der Waals surface area contributed by atoms with Crippen LogP contribution >= 0.6 is 0 Å². The summed E-state index contributed by atoms with van der Waals surface area (Å²) in [5.74, 6) is -2.76. The summed E-state index contributed by atoms with van der Waals surface area (Å²) in [4.78, 5) is 12.7. The molecule has 2 aliphatic rings. The fourth-order valence-electron chi connectivity index (χ4n) is 3.15. The van der Waals surface area contributed by atoms with Crippen molar-refractivity contribution in [1.29, 1.82) is 0 Å². The number of halogens is 3. The van der Waals surface area contributed by atoms with Crippen molar-refractivity contribution in [1.82, 2.24) is 15.0 Å². The zero-order chi connectivity index (χ0) is 18.9. The van der Waals surface area contributed by atoms with Crippen molar-refractivity contribution in [3.05, 3.63) is 11.7 Å². The Kier molecular flexibility index (Phi) is 5.36. The number of nitrogens with zero attached hydrogens (tertiary/aromatic N) is 3. The second-order valence-electron chi connectivity index (χ2n) is 7.30. The van der Waals surface area contributed by atoms with Gasteiger partial charge in [-0.05, 0) is 33.1 Å². The highest BCUT2D eigenvalue weighted by Gasteiger charge is 2.45. The van der Waals surface area contributed by atoms with Gasteiger partial charge in [0.2, 0.25) is 11.9 Å². The van der Waals surface area contributed by atoms with Gasteiger partial charge in [-0.15, -0.1) is 0 Å². The summed E-state index contributed by atoms with van der Waals surface area (Å²) in [6.07, 6.45) is 0.480. The number of allylic oxidation sites excluding steroid dienone is 1. The van der Waals surface area contributed by atoms with E-state index in [4.69, 9.17) is 0 Å². The van der Waals surface area contributed by atoms with Crippen molar-refractivity contribution in [2.75, 3.05) is 10.6 Å². The van der Waals surface area contributed by atoms with Crippen molar-refractivity contribution < 1.29 is 18.3 Å². The second kappa shape index (κ2) is 7.38. The van der Waals surface area contributed by atoms with Crippen LogP contribution in [-0.2, 0) is 0 Å². The number of anilines is 2. The minimum Gasteiger partial charge on any atom is -0.386 e. The molecular formula is C17H24F3N5O. The van der Waals surface area contributed by atoms with E-state index in [1.165, 1.54) is 0 Å². The highest BCUT2D eigenvalue weighted by Crippen LogP contribution is 2.39. The predicted octanol–water partition coefficient (Wildman–Crippen LogP) is 3.52. The molecule has 0 spiro atoms. The average molecular weight is 371 g/mol. The Bertz CT molecular complexity index is 687. The zero-order valence-electron chi connectivity index (χ0n) is 14.9. The van der Waals surface area contributed by atoms with Crippen molar-refractivity contribution in [2.45, 2.75) is 76.5 Å². The second-order valence-corrected chi connectivity index (χ2v) is 7.30. The van der Waals surface area contributed by atoms with Gasteiger partial charge in [0.1, 0.15) is 11.9 Å². The lowest BCUT2D eigenvalue weighted by molar-refractivity contribution is -0.0794. The monoisotopic (exact) mass is 371 g/mol. The number of aliphatic hydroxyl groups excluding tert-OH is 1. The Morgan fingerprint density at radius 2 is 1.81 bits per heavy atom. The van der Waals surface area contributed by atoms with E-state index < -0.39 is 23.9 Å². The lowest BCUT2D eigenvalue weighted by atomic mass is 9.88. The van der Waals surface area contributed by atoms with Gasteiger partial charge in [0.05, 0.1) is 0 Å². The van der Waals surface area contributed by atoms with E-state index in [2.05, 4.69) is 25.6 Å². The molecule has 26 heavy (non-hydrogen) atoms. The number of hydrogen-bond acceptors (Lipinski definition) is 6. The summed E-state index contributed by atoms with van der Waals surface area (Å²) < 4.78 is 40.7. The summed E-state index contributed by atoms with van der Waals surface area (Å²) in [5.41, 5.74) is 0.256. The van der Waals surface area contributed by atoms with Crippen LogP contribution in [0.3, 0.4) is 0 Å². The molecule has 1 aromatic heterocycles. The minimum atomic E-state index is -2.66. The third kappa shape index (κ3) is 4.44. The van der Waals surface area contributed by atoms with E-state index in [0.717, 1.165) is 6.42 Å². The lowest BCUT2D eigenvalue weighted by Gasteiger charge is -2.35. The molecule has 0 amide bonds. The normalized spacial score (nSPS) is 23.6. The zero-order valence-corrected chi connectivity index (χ0v) is 14.9. The van der Waals surface area contributed by atoms with E-state index in [9.17, 15) is 18.3 Å². The molecule has 0 bridgehead atoms. The maximum Gasteiger partial charge on any atom is 0.252 e. The molecule has 1 heterocycles. The van der Waals surface area contributed by atoms with Gasteiger partial charge in [-0.1, -0.05) is 6.42 Å². The van der Waals surface area contributed by atoms with Crippen LogP contribution < -0.4 is 10.6 Å². The summed E-state index contributed by atoms with van der Waals surface area (Å²) in [7, 11) is 0. The van der Waals surface area contributed by atoms with Crippen LogP contribution in [0.15, 0.2) is 5.83 Å². The SMILES string of the molecule is CC(C)Nc1nc(NC2CC(F)(F)C2)nc(C2=C(F)C(O)CCCC2)n1. The van der Waals surface area contributed by atoms with Crippen molar-refractivity contribution >= 4 is 17.5 Å². The van der Waals surface area contributed by atoms with Crippen LogP contribution in [0.25, 0.3) is 5.57 Å². The van der Waals surface area contributed by atoms with E-state index in [-0.39, 0.29) is 42.2 Å². The van der Waals surface area contributed by atoms with Gasteiger partial charge in [0.15, 0.2) is 5.82 Å². The molecule has 0 radical (unpaired) electrons. The van der Waals surface area contributed by atoms with Crippen LogP contribution in [0.2, 0.25) is 0 Å². The number of rotatable bonds is 5. The molecule has 2 aliphatic carbocycles. The first kappa shape index (κ1) is 18.9. The molecular weight excluding hydrogens is 347 g/mol. The van der Waals surface area contributed by atoms with Gasteiger partial charge in [-0.25, -0.2) is 13.2 Å². The summed E-state index contributed by atoms with van der Waals surface area (Å²) in [6.45, 7) is 3.80. The highest BCUT2D eigenvalue weighted by molar-refractivity contribution is 5.64. The van der Waals surface area contributed by atoms with Crippen LogP contribution in [0.1, 0.15) is 58.2 Å². The highest BCUT2D eigenvalue weighted by atomic mass is 19.3. The Labute approximate surface area is 150 Å². The van der Waals surface area contributed by atoms with Crippen molar-refractivity contribution in [3.63, 3.8) is 0 Å². The Hall–Kier alpha value is -1.90. The van der Waals surface area contributed by atoms with Gasteiger partial charge < -0.3 is 15.7 Å². The molecule has 144 valence electrons. The first-order chi connectivity index (χ1) is 12.2. The number of hydrogen-bond donors (Lipinski definition) is 3. The molecule has 1 aromatic rings. The number of alkyl halides is 2. The fourth-order valence-corrected chi connectivity index (χ4v) is 3.15. The van der Waals surface area contributed by atoms with Crippen LogP contribution in [0.5, 0.6) is 0 Å². The quantitative estimate of drug-likeness (QED) is 0.735. The summed E-state index contributed by atoms with van der Waals surface area (Å²) in [5, 5.41) is 15.8. The molecule has 1 unspecified atom stereocenters. The Morgan fingerprint density at radius 3 is 2.46 bits per heavy atom. The third-order valence-electron chi connectivity index (χ3n) is 4.48. The molecule has 6 nitrogen and oxygen atoms in total. The molecule has 1 saturated carbocycles. The van der Waals surface area contributed by atoms with E-state index >= 15 is 0 Å². The number of aliphatic hydroxyl groups is 1. The third-order valence-corrected chi connectivity index (χ3v) is 4.48. The smallest absolute Gasteiger partial charge is 0.252 e. The van der Waals surface area contributed by atoms with E-state index in [1.54, 1.807) is 0 Å². The van der Waals surface area contributed by atoms with Gasteiger partial charge in [-0.3, -0.25) is 0 Å². The standard InChI is InChI=1S/C17H24F3N5O/c1-9(2)21-15-23-14(11-5-3-4-6-12(26)13(11)18)24-16(25-15)22-10-7-17(19,20)8-10/h9-10,12,26H,3-8H2,1-2H3,(H2,21,22,23,24,25). The minimum absolute atomic E-state index is 0.0321. The molecule has 3 rings (SSSR count). The average Bonchev–Trinajstić information content (AvgIpc) is 2.67. The Balaban J connectivity index is 1.90. The van der Waals surface area contributed by atoms with Gasteiger partial charge in [0, 0.05) is 30.5 Å². The lowest BCUT2D eigenvalue weighted by Crippen LogP contribution is -2.44. The first-order valence-corrected chi connectivity index (χ1v) is 8.97. The number of nitrogens with one attached hydrogen (secondary N) is 2. The van der Waals surface area contributed by atoms with Crippen molar-refractivity contribution in [3.8, 4) is 0 Å². The molecule has 0 aliphatic heterocycles. The number of aromatic nitrogens is 3. The van der Waals surface area contributed by atoms with Crippen LogP contribution in [-0.4, -0.2) is 44.2 Å². The maximum absolute atomic E-state index is 14.5. The van der Waals surface area contributed by atoms with Crippen LogP contribution in [0, 0.1) is 0 Å². The maximum atomic E-state index is 14.5. The molecule has 3 N–H and O–H groups in total. The fraction of sp³-hybridized carbons (Fsp3) is 0.706. The van der Waals surface area contributed by atoms with Gasteiger partial charge in [0.25, 0.3) is 5.92 Å². The van der Waals surface area contributed by atoms with Gasteiger partial charge in [-0.2, -0.15) is 15.0 Å². The summed E-state index contributed by atoms with van der Waals surface area (Å²) in [6, 6.07) is -0.393. The molecule has 0 saturated heterocycles. The topological polar surface area (TPSA) is 83.0 Å². The predicted molar refractivity (Wildman–Crippen MR) is 92.7 cm³/mol. The largest absolute Gasteiger partial charge is 0.386 e. The van der Waals surface area contributed by atoms with E-state index in [1.807, 2.05) is 13.8 Å². The molecule has 1 atom stereocenters.